The highest BCUT2D eigenvalue weighted by molar-refractivity contribution is 7.89. The predicted octanol–water partition coefficient (Wildman–Crippen LogP) is 1.39. The van der Waals surface area contributed by atoms with Crippen molar-refractivity contribution in [3.63, 3.8) is 0 Å². The third-order valence-electron chi connectivity index (χ3n) is 4.95. The number of hydrogen-bond acceptors (Lipinski definition) is 8. The fourth-order valence-corrected chi connectivity index (χ4v) is 4.75. The fourth-order valence-electron chi connectivity index (χ4n) is 3.49. The van der Waals surface area contributed by atoms with E-state index in [0.717, 1.165) is 17.4 Å². The molecule has 1 amide bonds. The number of amides is 1. The topological polar surface area (TPSA) is 174 Å². The summed E-state index contributed by atoms with van der Waals surface area (Å²) in [4.78, 5) is 12.7. The Kier molecular flexibility index (Phi) is 7.89. The van der Waals surface area contributed by atoms with E-state index in [9.17, 15) is 21.6 Å². The lowest BCUT2D eigenvalue weighted by Crippen LogP contribution is -2.43. The molecule has 0 saturated carbocycles. The molecule has 0 aliphatic rings. The molecule has 1 atom stereocenters. The number of nitrogens with two attached hydrogens (primary N) is 2. The minimum atomic E-state index is -3.92. The summed E-state index contributed by atoms with van der Waals surface area (Å²) >= 11 is 0. The number of hydrazone groups is 1. The lowest BCUT2D eigenvalue weighted by atomic mass is 10.0. The smallest absolute Gasteiger partial charge is 0.256 e. The zero-order valence-corrected chi connectivity index (χ0v) is 20.4. The van der Waals surface area contributed by atoms with Crippen molar-refractivity contribution >= 4 is 37.9 Å². The standard InChI is InChI=1S/C23H25N5O5S2/c1-34(30,31)28-23(29)21(14-16-5-4-6-17(13-16)15-26-24)27-19-11-9-18(10-12-19)20-7-2-3-8-22(20)35(25,32)33/h2-13,15,21,27H,14,24H2,1H3,(H,28,29)(H2,25,32,33)/t21-/m0/s1. The van der Waals surface area contributed by atoms with Gasteiger partial charge in [0.1, 0.15) is 6.04 Å². The molecule has 6 N–H and O–H groups in total. The van der Waals surface area contributed by atoms with Crippen LogP contribution in [-0.4, -0.2) is 41.3 Å². The molecule has 12 heteroatoms. The van der Waals surface area contributed by atoms with E-state index in [4.69, 9.17) is 11.0 Å². The van der Waals surface area contributed by atoms with E-state index in [-0.39, 0.29) is 11.3 Å². The van der Waals surface area contributed by atoms with E-state index in [1.54, 1.807) is 66.7 Å². The third-order valence-corrected chi connectivity index (χ3v) is 6.49. The molecule has 3 aromatic carbocycles. The average Bonchev–Trinajstić information content (AvgIpc) is 2.78. The van der Waals surface area contributed by atoms with Gasteiger partial charge in [0.15, 0.2) is 0 Å². The van der Waals surface area contributed by atoms with Crippen LogP contribution in [0.2, 0.25) is 0 Å². The second kappa shape index (κ2) is 10.7. The van der Waals surface area contributed by atoms with Gasteiger partial charge in [0, 0.05) is 17.7 Å². The molecule has 0 spiro atoms. The maximum atomic E-state index is 12.7. The lowest BCUT2D eigenvalue weighted by molar-refractivity contribution is -0.120. The minimum Gasteiger partial charge on any atom is -0.373 e. The summed E-state index contributed by atoms with van der Waals surface area (Å²) in [5.41, 5.74) is 3.04. The van der Waals surface area contributed by atoms with Crippen molar-refractivity contribution in [1.82, 2.24) is 4.72 Å². The first kappa shape index (κ1) is 25.9. The van der Waals surface area contributed by atoms with Crippen molar-refractivity contribution in [2.24, 2.45) is 16.1 Å². The zero-order chi connectivity index (χ0) is 25.6. The lowest BCUT2D eigenvalue weighted by Gasteiger charge is -2.20. The van der Waals surface area contributed by atoms with Gasteiger partial charge in [-0.1, -0.05) is 54.6 Å². The summed E-state index contributed by atoms with van der Waals surface area (Å²) in [7, 11) is -7.70. The number of nitrogens with one attached hydrogen (secondary N) is 2. The van der Waals surface area contributed by atoms with Gasteiger partial charge in [0.2, 0.25) is 20.0 Å². The number of nitrogens with zero attached hydrogens (tertiary/aromatic N) is 1. The Morgan fingerprint density at radius 1 is 1.00 bits per heavy atom. The number of benzene rings is 3. The second-order valence-corrected chi connectivity index (χ2v) is 11.1. The molecule has 0 aromatic heterocycles. The molecule has 3 aromatic rings. The molecular formula is C23H25N5O5S2. The Bertz CT molecular complexity index is 1450. The summed E-state index contributed by atoms with van der Waals surface area (Å²) in [5.74, 6) is 4.48. The van der Waals surface area contributed by atoms with Gasteiger partial charge in [-0.2, -0.15) is 5.10 Å². The van der Waals surface area contributed by atoms with Crippen molar-refractivity contribution in [3.05, 3.63) is 83.9 Å². The van der Waals surface area contributed by atoms with Crippen LogP contribution in [0.3, 0.4) is 0 Å². The van der Waals surface area contributed by atoms with E-state index < -0.39 is 32.0 Å². The van der Waals surface area contributed by atoms with Crippen LogP contribution < -0.4 is 21.0 Å². The summed E-state index contributed by atoms with van der Waals surface area (Å²) in [6.45, 7) is 0. The van der Waals surface area contributed by atoms with Crippen LogP contribution in [0.25, 0.3) is 11.1 Å². The second-order valence-electron chi connectivity index (χ2n) is 7.78. The van der Waals surface area contributed by atoms with E-state index in [1.165, 1.54) is 12.3 Å². The first-order chi connectivity index (χ1) is 16.5. The highest BCUT2D eigenvalue weighted by atomic mass is 32.2. The molecule has 3 rings (SSSR count). The predicted molar refractivity (Wildman–Crippen MR) is 136 cm³/mol. The summed E-state index contributed by atoms with van der Waals surface area (Å²) in [6, 6.07) is 19.2. The number of rotatable bonds is 9. The molecule has 0 bridgehead atoms. The van der Waals surface area contributed by atoms with Crippen LogP contribution in [0.4, 0.5) is 5.69 Å². The molecule has 0 unspecified atom stereocenters. The van der Waals surface area contributed by atoms with Crippen molar-refractivity contribution in [3.8, 4) is 11.1 Å². The number of hydrogen-bond donors (Lipinski definition) is 4. The van der Waals surface area contributed by atoms with Gasteiger partial charge in [0.25, 0.3) is 5.91 Å². The highest BCUT2D eigenvalue weighted by Crippen LogP contribution is 2.28. The van der Waals surface area contributed by atoms with Crippen LogP contribution in [0.1, 0.15) is 11.1 Å². The van der Waals surface area contributed by atoms with Gasteiger partial charge in [-0.25, -0.2) is 22.0 Å². The number of carbonyl (C=O) groups is 1. The average molecular weight is 516 g/mol. The van der Waals surface area contributed by atoms with Crippen LogP contribution in [0.15, 0.2) is 82.8 Å². The summed E-state index contributed by atoms with van der Waals surface area (Å²) in [5, 5.41) is 11.9. The van der Waals surface area contributed by atoms with Gasteiger partial charge >= 0.3 is 0 Å². The molecule has 0 heterocycles. The SMILES string of the molecule is CS(=O)(=O)NC(=O)[C@H](Cc1cccc(C=NN)c1)Nc1ccc(-c2ccccc2S(N)(=O)=O)cc1. The zero-order valence-electron chi connectivity index (χ0n) is 18.7. The largest absolute Gasteiger partial charge is 0.373 e. The van der Waals surface area contributed by atoms with E-state index in [1.807, 2.05) is 4.72 Å². The quantitative estimate of drug-likeness (QED) is 0.189. The number of anilines is 1. The van der Waals surface area contributed by atoms with Crippen molar-refractivity contribution in [2.45, 2.75) is 17.4 Å². The number of sulfonamides is 2. The van der Waals surface area contributed by atoms with Crippen molar-refractivity contribution < 1.29 is 21.6 Å². The molecule has 0 aliphatic heterocycles. The molecular weight excluding hydrogens is 490 g/mol. The Balaban J connectivity index is 1.89. The molecule has 35 heavy (non-hydrogen) atoms. The minimum absolute atomic E-state index is 0.00739. The number of primary sulfonamides is 1. The number of carbonyl (C=O) groups excluding carboxylic acids is 1. The molecule has 0 saturated heterocycles. The van der Waals surface area contributed by atoms with E-state index in [2.05, 4.69) is 10.4 Å². The summed E-state index contributed by atoms with van der Waals surface area (Å²) in [6.07, 6.45) is 2.53. The fraction of sp³-hybridized carbons (Fsp3) is 0.130. The Morgan fingerprint density at radius 3 is 2.31 bits per heavy atom. The molecule has 0 radical (unpaired) electrons. The Labute approximate surface area is 204 Å². The molecule has 0 fully saturated rings. The molecule has 10 nitrogen and oxygen atoms in total. The van der Waals surface area contributed by atoms with Gasteiger partial charge in [-0.05, 0) is 34.9 Å². The van der Waals surface area contributed by atoms with E-state index >= 15 is 0 Å². The Hall–Kier alpha value is -3.74. The summed E-state index contributed by atoms with van der Waals surface area (Å²) < 4.78 is 49.2. The van der Waals surface area contributed by atoms with Gasteiger partial charge in [0.05, 0.1) is 17.4 Å². The maximum absolute atomic E-state index is 12.7. The van der Waals surface area contributed by atoms with E-state index in [0.29, 0.717) is 16.8 Å². The Morgan fingerprint density at radius 2 is 1.69 bits per heavy atom. The van der Waals surface area contributed by atoms with Gasteiger partial charge in [-0.15, -0.1) is 0 Å². The molecule has 184 valence electrons. The maximum Gasteiger partial charge on any atom is 0.256 e. The van der Waals surface area contributed by atoms with Crippen LogP contribution in [-0.2, 0) is 31.3 Å². The van der Waals surface area contributed by atoms with Gasteiger partial charge < -0.3 is 11.2 Å². The first-order valence-electron chi connectivity index (χ1n) is 10.3. The highest BCUT2D eigenvalue weighted by Gasteiger charge is 2.22. The third kappa shape index (κ3) is 7.37. The first-order valence-corrected chi connectivity index (χ1v) is 13.7. The normalized spacial score (nSPS) is 12.9. The van der Waals surface area contributed by atoms with Crippen molar-refractivity contribution in [2.75, 3.05) is 11.6 Å². The van der Waals surface area contributed by atoms with Gasteiger partial charge in [-0.3, -0.25) is 9.52 Å². The van der Waals surface area contributed by atoms with Crippen LogP contribution in [0, 0.1) is 0 Å². The van der Waals surface area contributed by atoms with Crippen LogP contribution >= 0.6 is 0 Å². The monoisotopic (exact) mass is 515 g/mol. The molecule has 0 aliphatic carbocycles. The van der Waals surface area contributed by atoms with Crippen LogP contribution in [0.5, 0.6) is 0 Å². The van der Waals surface area contributed by atoms with Crippen molar-refractivity contribution in [1.29, 1.82) is 0 Å².